The van der Waals surface area contributed by atoms with E-state index in [0.717, 1.165) is 0 Å². The Hall–Kier alpha value is -0.930. The lowest BCUT2D eigenvalue weighted by molar-refractivity contribution is 0.358. The number of aromatic hydroxyl groups is 3. The fourth-order valence-electron chi connectivity index (χ4n) is 1.50. The maximum absolute atomic E-state index is 11.3. The molecule has 1 aromatic carbocycles. The lowest BCUT2D eigenvalue weighted by atomic mass is 10.3. The van der Waals surface area contributed by atoms with E-state index < -0.39 is 55.9 Å². The van der Waals surface area contributed by atoms with Gasteiger partial charge in [0.15, 0.2) is 11.5 Å². The smallest absolute Gasteiger partial charge is 0.361 e. The zero-order chi connectivity index (χ0) is 17.0. The molecule has 9 N–H and O–H groups in total. The van der Waals surface area contributed by atoms with Crippen LogP contribution in [0.5, 0.6) is 17.2 Å². The Bertz CT molecular complexity index is 685. The Morgan fingerprint density at radius 1 is 0.476 bits per heavy atom. The van der Waals surface area contributed by atoms with Crippen LogP contribution in [0, 0.1) is 0 Å². The second-order valence-corrected chi connectivity index (χ2v) is 8.33. The molecule has 15 heteroatoms. The first kappa shape index (κ1) is 18.1. The number of rotatable bonds is 3. The second-order valence-electron chi connectivity index (χ2n) is 3.72. The highest BCUT2D eigenvalue weighted by atomic mass is 31.2. The largest absolute Gasteiger partial charge is 0.504 e. The van der Waals surface area contributed by atoms with Crippen molar-refractivity contribution in [2.75, 3.05) is 0 Å². The van der Waals surface area contributed by atoms with Gasteiger partial charge in [-0.25, -0.2) is 0 Å². The van der Waals surface area contributed by atoms with Gasteiger partial charge in [0.2, 0.25) is 5.75 Å². The Morgan fingerprint density at radius 3 is 0.905 bits per heavy atom. The average molecular weight is 366 g/mol. The summed E-state index contributed by atoms with van der Waals surface area (Å²) >= 11 is 0. The Kier molecular flexibility index (Phi) is 4.37. The van der Waals surface area contributed by atoms with Crippen molar-refractivity contribution >= 4 is 38.7 Å². The molecule has 0 fully saturated rings. The van der Waals surface area contributed by atoms with E-state index in [2.05, 4.69) is 0 Å². The van der Waals surface area contributed by atoms with Crippen LogP contribution in [0.25, 0.3) is 0 Å². The molecule has 1 aromatic rings. The van der Waals surface area contributed by atoms with E-state index in [-0.39, 0.29) is 0 Å². The van der Waals surface area contributed by atoms with Crippen molar-refractivity contribution in [3.8, 4) is 17.2 Å². The van der Waals surface area contributed by atoms with Gasteiger partial charge in [0, 0.05) is 0 Å². The minimum absolute atomic E-state index is 1.75. The number of hydrogen-bond donors (Lipinski definition) is 9. The number of phenolic OH excluding ortho intramolecular Hbond substituents is 3. The number of phenols is 3. The van der Waals surface area contributed by atoms with Gasteiger partial charge < -0.3 is 44.7 Å². The number of benzene rings is 1. The SMILES string of the molecule is O=P(O)(O)c1c(O)c(O)c(O)c(P(=O)(O)O)c1P(=O)(O)O. The lowest BCUT2D eigenvalue weighted by Crippen LogP contribution is -2.37. The summed E-state index contributed by atoms with van der Waals surface area (Å²) in [6.07, 6.45) is 0. The van der Waals surface area contributed by atoms with Gasteiger partial charge in [-0.1, -0.05) is 0 Å². The van der Waals surface area contributed by atoms with E-state index in [0.29, 0.717) is 0 Å². The van der Waals surface area contributed by atoms with Crippen molar-refractivity contribution in [3.63, 3.8) is 0 Å². The van der Waals surface area contributed by atoms with Crippen LogP contribution in [0.4, 0.5) is 0 Å². The van der Waals surface area contributed by atoms with E-state index in [1.807, 2.05) is 0 Å². The molecule has 0 aliphatic rings. The number of hydrogen-bond acceptors (Lipinski definition) is 6. The molecule has 0 unspecified atom stereocenters. The first-order valence-corrected chi connectivity index (χ1v) is 9.43. The molecule has 0 aliphatic heterocycles. The third-order valence-corrected chi connectivity index (χ3v) is 5.64. The van der Waals surface area contributed by atoms with E-state index >= 15 is 0 Å². The highest BCUT2D eigenvalue weighted by Crippen LogP contribution is 2.51. The molecular weight excluding hydrogens is 357 g/mol. The van der Waals surface area contributed by atoms with Gasteiger partial charge in [-0.3, -0.25) is 13.7 Å². The molecule has 0 spiro atoms. The molecule has 0 amide bonds. The molecule has 21 heavy (non-hydrogen) atoms. The van der Waals surface area contributed by atoms with Crippen molar-refractivity contribution in [3.05, 3.63) is 0 Å². The molecule has 0 aromatic heterocycles. The normalized spacial score (nSPS) is 13.4. The van der Waals surface area contributed by atoms with Crippen molar-refractivity contribution in [2.45, 2.75) is 0 Å². The van der Waals surface area contributed by atoms with E-state index in [9.17, 15) is 29.0 Å². The highest BCUT2D eigenvalue weighted by Gasteiger charge is 2.45. The third-order valence-electron chi connectivity index (χ3n) is 2.22. The van der Waals surface area contributed by atoms with Gasteiger partial charge in [0.25, 0.3) is 0 Å². The van der Waals surface area contributed by atoms with Crippen LogP contribution < -0.4 is 15.9 Å². The summed E-state index contributed by atoms with van der Waals surface area (Å²) in [7, 11) is -17.2. The van der Waals surface area contributed by atoms with Crippen LogP contribution in [0.1, 0.15) is 0 Å². The zero-order valence-corrected chi connectivity index (χ0v) is 12.3. The summed E-state index contributed by atoms with van der Waals surface area (Å²) in [4.78, 5) is 54.0. The highest BCUT2D eigenvalue weighted by molar-refractivity contribution is 7.71. The summed E-state index contributed by atoms with van der Waals surface area (Å²) in [5.41, 5.74) is 0. The minimum atomic E-state index is -5.78. The van der Waals surface area contributed by atoms with E-state index in [4.69, 9.17) is 29.4 Å². The summed E-state index contributed by atoms with van der Waals surface area (Å²) in [6.45, 7) is 0. The Balaban J connectivity index is 4.28. The molecule has 0 radical (unpaired) electrons. The van der Waals surface area contributed by atoms with Crippen LogP contribution in [0.3, 0.4) is 0 Å². The summed E-state index contributed by atoms with van der Waals surface area (Å²) in [5.74, 6) is -5.36. The molecule has 0 saturated heterocycles. The van der Waals surface area contributed by atoms with Crippen molar-refractivity contribution < 1.29 is 58.4 Å². The lowest BCUT2D eigenvalue weighted by Gasteiger charge is -2.20. The molecule has 120 valence electrons. The maximum atomic E-state index is 11.3. The first-order chi connectivity index (χ1) is 9.10. The predicted molar refractivity (Wildman–Crippen MR) is 66.5 cm³/mol. The van der Waals surface area contributed by atoms with Crippen molar-refractivity contribution in [1.29, 1.82) is 0 Å². The molecular formula is C6H9O12P3. The Labute approximate surface area is 115 Å². The van der Waals surface area contributed by atoms with Crippen LogP contribution in [-0.2, 0) is 13.7 Å². The minimum Gasteiger partial charge on any atom is -0.504 e. The maximum Gasteiger partial charge on any atom is 0.361 e. The molecule has 0 atom stereocenters. The molecule has 0 saturated carbocycles. The molecule has 1 rings (SSSR count). The molecule has 0 bridgehead atoms. The first-order valence-electron chi connectivity index (χ1n) is 4.59. The monoisotopic (exact) mass is 366 g/mol. The van der Waals surface area contributed by atoms with Crippen LogP contribution in [0.15, 0.2) is 0 Å². The van der Waals surface area contributed by atoms with Gasteiger partial charge in [-0.15, -0.1) is 0 Å². The van der Waals surface area contributed by atoms with Gasteiger partial charge >= 0.3 is 22.8 Å². The van der Waals surface area contributed by atoms with Gasteiger partial charge in [0.05, 0.1) is 0 Å². The average Bonchev–Trinajstić information content (AvgIpc) is 2.19. The topological polar surface area (TPSA) is 233 Å². The third kappa shape index (κ3) is 3.29. The fourth-order valence-corrected chi connectivity index (χ4v) is 5.45. The van der Waals surface area contributed by atoms with Crippen molar-refractivity contribution in [2.24, 2.45) is 0 Å². The predicted octanol–water partition coefficient (Wildman–Crippen LogP) is -2.79. The zero-order valence-electron chi connectivity index (χ0n) is 9.59. The molecule has 0 heterocycles. The summed E-state index contributed by atoms with van der Waals surface area (Å²) in [6, 6.07) is 0. The van der Waals surface area contributed by atoms with Gasteiger partial charge in [0.1, 0.15) is 15.9 Å². The molecule has 0 aliphatic carbocycles. The quantitative estimate of drug-likeness (QED) is 0.195. The van der Waals surface area contributed by atoms with E-state index in [1.165, 1.54) is 0 Å². The van der Waals surface area contributed by atoms with E-state index in [1.54, 1.807) is 0 Å². The fraction of sp³-hybridized carbons (Fsp3) is 0. The second kappa shape index (κ2) is 5.06. The Morgan fingerprint density at radius 2 is 0.714 bits per heavy atom. The standard InChI is InChI=1S/C6H9O12P3/c7-1-2(8)4(19(10,11)12)6(21(16,17)18)5(3(1)9)20(13,14)15/h7-9H,(H2,10,11,12)(H2,13,14,15)(H2,16,17,18). The van der Waals surface area contributed by atoms with Gasteiger partial charge in [-0.05, 0) is 0 Å². The van der Waals surface area contributed by atoms with Crippen LogP contribution in [-0.4, -0.2) is 44.7 Å². The van der Waals surface area contributed by atoms with Crippen LogP contribution in [0.2, 0.25) is 0 Å². The summed E-state index contributed by atoms with van der Waals surface area (Å²) < 4.78 is 33.7. The molecule has 12 nitrogen and oxygen atoms in total. The summed E-state index contributed by atoms with van der Waals surface area (Å²) in [5, 5.41) is 22.2. The van der Waals surface area contributed by atoms with Crippen LogP contribution >= 0.6 is 22.8 Å². The van der Waals surface area contributed by atoms with Crippen molar-refractivity contribution in [1.82, 2.24) is 0 Å². The van der Waals surface area contributed by atoms with Gasteiger partial charge in [-0.2, -0.15) is 0 Å².